The van der Waals surface area contributed by atoms with Crippen LogP contribution in [0.3, 0.4) is 0 Å². The summed E-state index contributed by atoms with van der Waals surface area (Å²) in [5.41, 5.74) is 2.63. The van der Waals surface area contributed by atoms with Crippen LogP contribution in [0.4, 0.5) is 11.4 Å². The van der Waals surface area contributed by atoms with Gasteiger partial charge >= 0.3 is 0 Å². The monoisotopic (exact) mass is 486 g/mol. The second kappa shape index (κ2) is 8.09. The van der Waals surface area contributed by atoms with Crippen molar-refractivity contribution < 1.29 is 14.4 Å². The number of rotatable bonds is 3. The van der Waals surface area contributed by atoms with Crippen molar-refractivity contribution in [2.45, 2.75) is 19.1 Å². The number of fused-ring (bicyclic) bond motifs is 1. The number of imide groups is 1. The molecule has 0 aromatic heterocycles. The van der Waals surface area contributed by atoms with Gasteiger partial charge < -0.3 is 0 Å². The molecule has 3 unspecified atom stereocenters. The smallest absolute Gasteiger partial charge is 0.266 e. The summed E-state index contributed by atoms with van der Waals surface area (Å²) in [5.74, 6) is -1.59. The second-order valence-electron chi connectivity index (χ2n) is 7.77. The first-order valence-electron chi connectivity index (χ1n) is 9.97. The van der Waals surface area contributed by atoms with E-state index in [-0.39, 0.29) is 5.91 Å². The molecule has 32 heavy (non-hydrogen) atoms. The molecule has 2 amide bonds. The average molecular weight is 488 g/mol. The fourth-order valence-corrected chi connectivity index (χ4v) is 4.94. The first kappa shape index (κ1) is 21.3. The zero-order valence-corrected chi connectivity index (χ0v) is 19.1. The van der Waals surface area contributed by atoms with Crippen molar-refractivity contribution in [1.29, 1.82) is 0 Å². The topological polar surface area (TPSA) is 49.9 Å². The molecule has 5 nitrogen and oxygen atoms in total. The lowest BCUT2D eigenvalue weighted by Crippen LogP contribution is -2.37. The van der Waals surface area contributed by atoms with Gasteiger partial charge in [0.15, 0.2) is 6.10 Å². The van der Waals surface area contributed by atoms with Crippen LogP contribution in [0, 0.1) is 12.8 Å². The van der Waals surface area contributed by atoms with E-state index in [4.69, 9.17) is 39.6 Å². The molecule has 0 radical (unpaired) electrons. The van der Waals surface area contributed by atoms with Crippen molar-refractivity contribution in [1.82, 2.24) is 0 Å². The third kappa shape index (κ3) is 3.37. The summed E-state index contributed by atoms with van der Waals surface area (Å²) in [7, 11) is 0. The largest absolute Gasteiger partial charge is 0.273 e. The number of hydrogen-bond acceptors (Lipinski definition) is 4. The summed E-state index contributed by atoms with van der Waals surface area (Å²) in [6.07, 6.45) is -0.987. The number of hydrogen-bond donors (Lipinski definition) is 0. The number of carbonyl (C=O) groups excluding carboxylic acids is 2. The van der Waals surface area contributed by atoms with Gasteiger partial charge in [-0.15, -0.1) is 0 Å². The van der Waals surface area contributed by atoms with Crippen LogP contribution >= 0.6 is 34.8 Å². The summed E-state index contributed by atoms with van der Waals surface area (Å²) in [6, 6.07) is 18.9. The maximum absolute atomic E-state index is 13.6. The number of para-hydroxylation sites is 1. The molecule has 3 aromatic carbocycles. The second-order valence-corrected chi connectivity index (χ2v) is 9.02. The minimum absolute atomic E-state index is 0.366. The Bertz CT molecular complexity index is 1230. The molecular formula is C24H17Cl3N2O3. The van der Waals surface area contributed by atoms with Gasteiger partial charge in [-0.2, -0.15) is 0 Å². The zero-order chi connectivity index (χ0) is 22.6. The summed E-state index contributed by atoms with van der Waals surface area (Å²) >= 11 is 18.9. The third-order valence-electron chi connectivity index (χ3n) is 5.82. The van der Waals surface area contributed by atoms with Crippen LogP contribution < -0.4 is 9.96 Å². The van der Waals surface area contributed by atoms with Gasteiger partial charge in [-0.05, 0) is 54.4 Å². The Morgan fingerprint density at radius 3 is 2.25 bits per heavy atom. The molecule has 3 atom stereocenters. The fraction of sp³-hybridized carbons (Fsp3) is 0.167. The number of halogens is 3. The third-order valence-corrected chi connectivity index (χ3v) is 6.79. The van der Waals surface area contributed by atoms with Crippen LogP contribution in [0.2, 0.25) is 15.1 Å². The van der Waals surface area contributed by atoms with Crippen molar-refractivity contribution in [3.8, 4) is 0 Å². The highest BCUT2D eigenvalue weighted by Crippen LogP contribution is 2.49. The Morgan fingerprint density at radius 1 is 0.812 bits per heavy atom. The Labute approximate surface area is 200 Å². The summed E-state index contributed by atoms with van der Waals surface area (Å²) in [5, 5.41) is 2.94. The molecule has 0 N–H and O–H groups in total. The number of hydroxylamine groups is 1. The number of anilines is 2. The Balaban J connectivity index is 1.61. The molecule has 2 saturated heterocycles. The maximum atomic E-state index is 13.6. The van der Waals surface area contributed by atoms with Gasteiger partial charge in [0.05, 0.1) is 17.4 Å². The zero-order valence-electron chi connectivity index (χ0n) is 16.8. The molecule has 0 saturated carbocycles. The lowest BCUT2D eigenvalue weighted by atomic mass is 9.90. The molecule has 162 valence electrons. The molecule has 2 fully saturated rings. The number of benzene rings is 3. The van der Waals surface area contributed by atoms with Crippen molar-refractivity contribution >= 4 is 58.0 Å². The summed E-state index contributed by atoms with van der Waals surface area (Å²) in [4.78, 5) is 34.2. The highest BCUT2D eigenvalue weighted by molar-refractivity contribution is 6.35. The van der Waals surface area contributed by atoms with Crippen molar-refractivity contribution in [3.05, 3.63) is 92.9 Å². The van der Waals surface area contributed by atoms with Gasteiger partial charge in [0.1, 0.15) is 5.92 Å². The lowest BCUT2D eigenvalue weighted by Gasteiger charge is -2.29. The van der Waals surface area contributed by atoms with E-state index in [1.165, 1.54) is 0 Å². The molecule has 2 heterocycles. The average Bonchev–Trinajstić information content (AvgIpc) is 3.27. The van der Waals surface area contributed by atoms with E-state index < -0.39 is 24.0 Å². The molecule has 8 heteroatoms. The molecular weight excluding hydrogens is 471 g/mol. The van der Waals surface area contributed by atoms with Crippen LogP contribution in [-0.2, 0) is 14.4 Å². The van der Waals surface area contributed by atoms with Gasteiger partial charge in [-0.1, -0.05) is 65.1 Å². The number of nitrogens with zero attached hydrogens (tertiary/aromatic N) is 2. The van der Waals surface area contributed by atoms with Gasteiger partial charge in [-0.25, -0.2) is 9.96 Å². The van der Waals surface area contributed by atoms with Gasteiger partial charge in [0, 0.05) is 15.1 Å². The van der Waals surface area contributed by atoms with Gasteiger partial charge in [0.25, 0.3) is 5.91 Å². The van der Waals surface area contributed by atoms with E-state index in [9.17, 15) is 9.59 Å². The van der Waals surface area contributed by atoms with Crippen molar-refractivity contribution in [2.24, 2.45) is 5.92 Å². The van der Waals surface area contributed by atoms with Gasteiger partial charge in [0.2, 0.25) is 5.91 Å². The number of aryl methyl sites for hydroxylation is 1. The number of amides is 2. The lowest BCUT2D eigenvalue weighted by molar-refractivity contribution is -0.126. The highest BCUT2D eigenvalue weighted by atomic mass is 35.5. The summed E-state index contributed by atoms with van der Waals surface area (Å²) < 4.78 is 0. The molecule has 2 aliphatic rings. The minimum Gasteiger partial charge on any atom is -0.273 e. The van der Waals surface area contributed by atoms with E-state index in [2.05, 4.69) is 0 Å². The standard InChI is InChI=1S/C24H17Cl3N2O3/c1-13-7-9-16(12-18(13)26)28-23(30)20-21(17-10-8-14(25)11-19(17)27)29(32-22(20)24(28)31)15-5-3-2-4-6-15/h2-12,20-22H,1H3. The Hall–Kier alpha value is -2.57. The molecule has 0 aliphatic carbocycles. The molecule has 0 bridgehead atoms. The SMILES string of the molecule is Cc1ccc(N2C(=O)C3ON(c4ccccc4)C(c4ccc(Cl)cc4Cl)C3C2=O)cc1Cl. The fourth-order valence-electron chi connectivity index (χ4n) is 4.25. The molecule has 3 aromatic rings. The van der Waals surface area contributed by atoms with E-state index in [1.807, 2.05) is 37.3 Å². The highest BCUT2D eigenvalue weighted by Gasteiger charge is 2.60. The molecule has 0 spiro atoms. The van der Waals surface area contributed by atoms with Crippen LogP contribution in [0.1, 0.15) is 17.2 Å². The van der Waals surface area contributed by atoms with Crippen LogP contribution in [0.25, 0.3) is 0 Å². The van der Waals surface area contributed by atoms with Crippen LogP contribution in [0.5, 0.6) is 0 Å². The van der Waals surface area contributed by atoms with E-state index in [0.717, 1.165) is 10.5 Å². The van der Waals surface area contributed by atoms with Crippen molar-refractivity contribution in [3.63, 3.8) is 0 Å². The van der Waals surface area contributed by atoms with Crippen molar-refractivity contribution in [2.75, 3.05) is 9.96 Å². The first-order chi connectivity index (χ1) is 15.4. The van der Waals surface area contributed by atoms with E-state index in [1.54, 1.807) is 41.5 Å². The quantitative estimate of drug-likeness (QED) is 0.425. The van der Waals surface area contributed by atoms with Gasteiger partial charge in [-0.3, -0.25) is 14.4 Å². The Kier molecular flexibility index (Phi) is 5.38. The summed E-state index contributed by atoms with van der Waals surface area (Å²) in [6.45, 7) is 1.86. The normalized spacial score (nSPS) is 22.6. The first-order valence-corrected chi connectivity index (χ1v) is 11.1. The van der Waals surface area contributed by atoms with E-state index in [0.29, 0.717) is 32.0 Å². The molecule has 5 rings (SSSR count). The predicted molar refractivity (Wildman–Crippen MR) is 125 cm³/mol. The molecule has 2 aliphatic heterocycles. The minimum atomic E-state index is -0.987. The predicted octanol–water partition coefficient (Wildman–Crippen LogP) is 6.01. The number of carbonyl (C=O) groups is 2. The maximum Gasteiger partial charge on any atom is 0.266 e. The van der Waals surface area contributed by atoms with E-state index >= 15 is 0 Å². The van der Waals surface area contributed by atoms with Crippen LogP contribution in [0.15, 0.2) is 66.7 Å². The Morgan fingerprint density at radius 2 is 1.56 bits per heavy atom. The van der Waals surface area contributed by atoms with Crippen LogP contribution in [-0.4, -0.2) is 17.9 Å².